The molecule has 9 nitrogen and oxygen atoms in total. The van der Waals surface area contributed by atoms with E-state index in [9.17, 15) is 9.59 Å². The van der Waals surface area contributed by atoms with E-state index < -0.39 is 5.97 Å². The van der Waals surface area contributed by atoms with Gasteiger partial charge in [0.25, 0.3) is 0 Å². The lowest BCUT2D eigenvalue weighted by atomic mass is 10.3. The van der Waals surface area contributed by atoms with Gasteiger partial charge in [0.1, 0.15) is 25.4 Å². The molecule has 128 valence electrons. The van der Waals surface area contributed by atoms with E-state index in [2.05, 4.69) is 20.4 Å². The number of ether oxygens (including phenoxy) is 3. The number of esters is 1. The van der Waals surface area contributed by atoms with Crippen molar-refractivity contribution in [1.29, 1.82) is 0 Å². The summed E-state index contributed by atoms with van der Waals surface area (Å²) < 4.78 is 16.6. The monoisotopic (exact) mass is 334 g/mol. The quantitative estimate of drug-likeness (QED) is 0.685. The number of amides is 1. The summed E-state index contributed by atoms with van der Waals surface area (Å²) in [5.74, 6) is 0.313. The van der Waals surface area contributed by atoms with E-state index in [1.165, 1.54) is 11.8 Å². The van der Waals surface area contributed by atoms with Crippen molar-refractivity contribution in [3.8, 4) is 11.5 Å². The Morgan fingerprint density at radius 1 is 1.21 bits per heavy atom. The van der Waals surface area contributed by atoms with Crippen LogP contribution in [0.3, 0.4) is 0 Å². The van der Waals surface area contributed by atoms with E-state index in [1.54, 1.807) is 25.4 Å². The molecule has 0 bridgehead atoms. The van der Waals surface area contributed by atoms with Gasteiger partial charge in [-0.1, -0.05) is 17.3 Å². The van der Waals surface area contributed by atoms with Crippen molar-refractivity contribution in [2.24, 2.45) is 0 Å². The van der Waals surface area contributed by atoms with Crippen LogP contribution in [-0.2, 0) is 27.5 Å². The van der Waals surface area contributed by atoms with E-state index in [0.717, 1.165) is 0 Å². The third-order valence-electron chi connectivity index (χ3n) is 2.99. The second-order valence-corrected chi connectivity index (χ2v) is 4.70. The van der Waals surface area contributed by atoms with Crippen LogP contribution < -0.4 is 14.8 Å². The van der Waals surface area contributed by atoms with Crippen LogP contribution in [0.25, 0.3) is 0 Å². The number of aromatic nitrogens is 3. The number of nitrogens with zero attached hydrogens (tertiary/aromatic N) is 3. The molecule has 24 heavy (non-hydrogen) atoms. The molecule has 0 spiro atoms. The predicted octanol–water partition coefficient (Wildman–Crippen LogP) is 0.155. The third kappa shape index (κ3) is 4.97. The number of hydrogen-bond donors (Lipinski definition) is 1. The molecule has 1 N–H and O–H groups in total. The van der Waals surface area contributed by atoms with E-state index in [4.69, 9.17) is 9.47 Å². The molecule has 2 aromatic rings. The van der Waals surface area contributed by atoms with Crippen LogP contribution in [0.2, 0.25) is 0 Å². The highest BCUT2D eigenvalue weighted by atomic mass is 16.5. The van der Waals surface area contributed by atoms with Gasteiger partial charge in [-0.2, -0.15) is 0 Å². The molecular weight excluding hydrogens is 316 g/mol. The summed E-state index contributed by atoms with van der Waals surface area (Å²) in [6, 6.07) is 7.25. The van der Waals surface area contributed by atoms with Gasteiger partial charge in [0.05, 0.1) is 20.4 Å². The number of benzene rings is 1. The first-order valence-electron chi connectivity index (χ1n) is 7.10. The molecule has 1 aromatic heterocycles. The Kier molecular flexibility index (Phi) is 6.12. The molecule has 0 aliphatic heterocycles. The largest absolute Gasteiger partial charge is 0.493 e. The highest BCUT2D eigenvalue weighted by Crippen LogP contribution is 2.26. The van der Waals surface area contributed by atoms with Gasteiger partial charge < -0.3 is 19.5 Å². The molecule has 0 atom stereocenters. The molecule has 9 heteroatoms. The van der Waals surface area contributed by atoms with E-state index in [0.29, 0.717) is 17.2 Å². The summed E-state index contributed by atoms with van der Waals surface area (Å²) in [6.45, 7) is -0.0589. The van der Waals surface area contributed by atoms with Crippen LogP contribution in [0.15, 0.2) is 30.5 Å². The van der Waals surface area contributed by atoms with E-state index in [-0.39, 0.29) is 25.6 Å². The Bertz CT molecular complexity index is 701. The van der Waals surface area contributed by atoms with Gasteiger partial charge in [0.15, 0.2) is 11.5 Å². The van der Waals surface area contributed by atoms with Crippen molar-refractivity contribution >= 4 is 11.9 Å². The second kappa shape index (κ2) is 8.51. The zero-order chi connectivity index (χ0) is 17.4. The molecular formula is C15H18N4O5. The Morgan fingerprint density at radius 2 is 1.96 bits per heavy atom. The van der Waals surface area contributed by atoms with Crippen LogP contribution in [0.1, 0.15) is 5.69 Å². The number of rotatable bonds is 8. The summed E-state index contributed by atoms with van der Waals surface area (Å²) in [6.07, 6.45) is 1.59. The van der Waals surface area contributed by atoms with Crippen molar-refractivity contribution in [2.75, 3.05) is 20.8 Å². The van der Waals surface area contributed by atoms with Crippen molar-refractivity contribution in [2.45, 2.75) is 13.2 Å². The lowest BCUT2D eigenvalue weighted by Crippen LogP contribution is -2.32. The van der Waals surface area contributed by atoms with Crippen LogP contribution in [0, 0.1) is 0 Å². The number of methoxy groups -OCH3 is 2. The first-order chi connectivity index (χ1) is 11.6. The first kappa shape index (κ1) is 17.3. The summed E-state index contributed by atoms with van der Waals surface area (Å²) in [4.78, 5) is 22.6. The number of hydrogen-bond acceptors (Lipinski definition) is 7. The van der Waals surface area contributed by atoms with Gasteiger partial charge in [0.2, 0.25) is 5.91 Å². The maximum absolute atomic E-state index is 11.6. The summed E-state index contributed by atoms with van der Waals surface area (Å²) in [5, 5.41) is 10.2. The Morgan fingerprint density at radius 3 is 2.67 bits per heavy atom. The predicted molar refractivity (Wildman–Crippen MR) is 82.4 cm³/mol. The van der Waals surface area contributed by atoms with Gasteiger partial charge >= 0.3 is 5.97 Å². The normalized spacial score (nSPS) is 10.1. The van der Waals surface area contributed by atoms with Crippen LogP contribution >= 0.6 is 0 Å². The zero-order valence-corrected chi connectivity index (χ0v) is 13.4. The lowest BCUT2D eigenvalue weighted by Gasteiger charge is -2.08. The smallest absolute Gasteiger partial charge is 0.325 e. The van der Waals surface area contributed by atoms with Crippen LogP contribution in [0.4, 0.5) is 0 Å². The second-order valence-electron chi connectivity index (χ2n) is 4.70. The molecule has 0 unspecified atom stereocenters. The molecule has 1 heterocycles. The highest BCUT2D eigenvalue weighted by molar-refractivity contribution is 5.81. The Labute approximate surface area is 138 Å². The zero-order valence-electron chi connectivity index (χ0n) is 13.4. The van der Waals surface area contributed by atoms with Crippen LogP contribution in [-0.4, -0.2) is 47.6 Å². The lowest BCUT2D eigenvalue weighted by molar-refractivity contribution is -0.141. The van der Waals surface area contributed by atoms with Crippen molar-refractivity contribution in [3.63, 3.8) is 0 Å². The average Bonchev–Trinajstić information content (AvgIpc) is 3.05. The first-order valence-corrected chi connectivity index (χ1v) is 7.10. The Balaban J connectivity index is 1.84. The highest BCUT2D eigenvalue weighted by Gasteiger charge is 2.09. The maximum Gasteiger partial charge on any atom is 0.325 e. The van der Waals surface area contributed by atoms with Gasteiger partial charge in [0, 0.05) is 0 Å². The average molecular weight is 334 g/mol. The topological polar surface area (TPSA) is 105 Å². The molecule has 1 amide bonds. The van der Waals surface area contributed by atoms with Crippen molar-refractivity contribution in [3.05, 3.63) is 36.2 Å². The fourth-order valence-electron chi connectivity index (χ4n) is 1.82. The van der Waals surface area contributed by atoms with Crippen molar-refractivity contribution in [1.82, 2.24) is 20.3 Å². The van der Waals surface area contributed by atoms with Gasteiger partial charge in [-0.15, -0.1) is 5.10 Å². The molecule has 2 rings (SSSR count). The van der Waals surface area contributed by atoms with Crippen LogP contribution in [0.5, 0.6) is 11.5 Å². The minimum Gasteiger partial charge on any atom is -0.493 e. The summed E-state index contributed by atoms with van der Waals surface area (Å²) >= 11 is 0. The molecule has 0 aliphatic carbocycles. The Hall–Kier alpha value is -3.10. The number of para-hydroxylation sites is 2. The van der Waals surface area contributed by atoms with Gasteiger partial charge in [-0.3, -0.25) is 9.59 Å². The molecule has 0 aliphatic rings. The third-order valence-corrected chi connectivity index (χ3v) is 2.99. The summed E-state index contributed by atoms with van der Waals surface area (Å²) in [7, 11) is 2.81. The van der Waals surface area contributed by atoms with Gasteiger partial charge in [-0.05, 0) is 12.1 Å². The number of carbonyl (C=O) groups is 2. The van der Waals surface area contributed by atoms with E-state index >= 15 is 0 Å². The summed E-state index contributed by atoms with van der Waals surface area (Å²) in [5.41, 5.74) is 0.557. The van der Waals surface area contributed by atoms with Crippen molar-refractivity contribution < 1.29 is 23.8 Å². The molecule has 1 aromatic carbocycles. The molecule has 0 saturated carbocycles. The molecule has 0 radical (unpaired) electrons. The van der Waals surface area contributed by atoms with Gasteiger partial charge in [-0.25, -0.2) is 4.68 Å². The number of nitrogens with one attached hydrogen (secondary N) is 1. The molecule has 0 saturated heterocycles. The standard InChI is InChI=1S/C15H18N4O5/c1-22-12-5-3-4-6-13(12)24-10-11-8-19(18-17-11)9-14(20)16-7-15(21)23-2/h3-6,8H,7,9-10H2,1-2H3,(H,16,20). The number of carbonyl (C=O) groups excluding carboxylic acids is 2. The maximum atomic E-state index is 11.6. The SMILES string of the molecule is COC(=O)CNC(=O)Cn1cc(COc2ccccc2OC)nn1. The molecule has 0 fully saturated rings. The van der Waals surface area contributed by atoms with E-state index in [1.807, 2.05) is 12.1 Å². The fraction of sp³-hybridized carbons (Fsp3) is 0.333. The fourth-order valence-corrected chi connectivity index (χ4v) is 1.82. The minimum absolute atomic E-state index is 0.0569. The minimum atomic E-state index is -0.521.